The predicted molar refractivity (Wildman–Crippen MR) is 98.0 cm³/mol. The number of hydrogen-bond acceptors (Lipinski definition) is 5. The van der Waals surface area contributed by atoms with Crippen LogP contribution in [0.2, 0.25) is 0 Å². The summed E-state index contributed by atoms with van der Waals surface area (Å²) in [6, 6.07) is 10.3. The highest BCUT2D eigenvalue weighted by molar-refractivity contribution is 9.10. The summed E-state index contributed by atoms with van der Waals surface area (Å²) < 4.78 is 6.66. The lowest BCUT2D eigenvalue weighted by Crippen LogP contribution is -2.30. The summed E-state index contributed by atoms with van der Waals surface area (Å²) in [5.41, 5.74) is 0.922. The van der Waals surface area contributed by atoms with Gasteiger partial charge in [0.15, 0.2) is 0 Å². The van der Waals surface area contributed by atoms with Crippen LogP contribution in [-0.2, 0) is 0 Å². The van der Waals surface area contributed by atoms with Gasteiger partial charge in [-0.3, -0.25) is 4.90 Å². The molecular formula is C18H19BrN4O. The van der Waals surface area contributed by atoms with E-state index in [-0.39, 0.29) is 6.04 Å². The number of nitrogens with one attached hydrogen (secondary N) is 1. The zero-order valence-corrected chi connectivity index (χ0v) is 14.9. The molecule has 1 saturated heterocycles. The monoisotopic (exact) mass is 386 g/mol. The Labute approximate surface area is 149 Å². The number of rotatable bonds is 5. The van der Waals surface area contributed by atoms with Gasteiger partial charge in [0.25, 0.3) is 0 Å². The largest absolute Gasteiger partial charge is 0.468 e. The molecule has 1 fully saturated rings. The predicted octanol–water partition coefficient (Wildman–Crippen LogP) is 4.23. The van der Waals surface area contributed by atoms with Gasteiger partial charge < -0.3 is 9.73 Å². The van der Waals surface area contributed by atoms with Crippen LogP contribution >= 0.6 is 15.9 Å². The molecule has 3 aromatic rings. The molecule has 1 unspecified atom stereocenters. The quantitative estimate of drug-likeness (QED) is 0.710. The fraction of sp³-hybridized carbons (Fsp3) is 0.333. The van der Waals surface area contributed by atoms with Crippen molar-refractivity contribution in [1.82, 2.24) is 14.9 Å². The van der Waals surface area contributed by atoms with E-state index >= 15 is 0 Å². The first kappa shape index (κ1) is 15.6. The molecule has 124 valence electrons. The van der Waals surface area contributed by atoms with Crippen molar-refractivity contribution in [2.24, 2.45) is 0 Å². The van der Waals surface area contributed by atoms with Crippen molar-refractivity contribution in [2.45, 2.75) is 18.9 Å². The highest BCUT2D eigenvalue weighted by Crippen LogP contribution is 2.29. The van der Waals surface area contributed by atoms with Crippen molar-refractivity contribution < 1.29 is 4.42 Å². The minimum absolute atomic E-state index is 0.222. The first-order valence-corrected chi connectivity index (χ1v) is 9.03. The van der Waals surface area contributed by atoms with E-state index in [1.54, 1.807) is 12.6 Å². The van der Waals surface area contributed by atoms with E-state index in [4.69, 9.17) is 4.42 Å². The maximum atomic E-state index is 5.68. The number of nitrogens with zero attached hydrogens (tertiary/aromatic N) is 3. The Bertz CT molecular complexity index is 815. The number of halogens is 1. The summed E-state index contributed by atoms with van der Waals surface area (Å²) in [5.74, 6) is 1.86. The van der Waals surface area contributed by atoms with E-state index in [1.807, 2.05) is 24.3 Å². The molecule has 0 spiro atoms. The molecule has 6 heteroatoms. The molecule has 24 heavy (non-hydrogen) atoms. The minimum Gasteiger partial charge on any atom is -0.468 e. The number of benzene rings is 1. The van der Waals surface area contributed by atoms with Crippen molar-refractivity contribution in [3.8, 4) is 0 Å². The second kappa shape index (κ2) is 6.91. The van der Waals surface area contributed by atoms with Gasteiger partial charge in [-0.1, -0.05) is 6.07 Å². The van der Waals surface area contributed by atoms with Crippen molar-refractivity contribution in [1.29, 1.82) is 0 Å². The molecule has 1 N–H and O–H groups in total. The minimum atomic E-state index is 0.222. The third-order valence-corrected chi connectivity index (χ3v) is 5.17. The Morgan fingerprint density at radius 3 is 2.83 bits per heavy atom. The van der Waals surface area contributed by atoms with Gasteiger partial charge >= 0.3 is 0 Å². The molecule has 3 heterocycles. The van der Waals surface area contributed by atoms with Crippen LogP contribution in [0.15, 0.2) is 51.8 Å². The normalized spacial score (nSPS) is 16.5. The second-order valence-electron chi connectivity index (χ2n) is 6.01. The molecule has 1 atom stereocenters. The van der Waals surface area contributed by atoms with Crippen molar-refractivity contribution in [3.05, 3.63) is 53.2 Å². The molecule has 0 bridgehead atoms. The van der Waals surface area contributed by atoms with Crippen LogP contribution in [0.5, 0.6) is 0 Å². The summed E-state index contributed by atoms with van der Waals surface area (Å²) in [4.78, 5) is 11.3. The molecule has 4 rings (SSSR count). The molecule has 0 aliphatic carbocycles. The number of hydrogen-bond donors (Lipinski definition) is 1. The average molecular weight is 387 g/mol. The Kier molecular flexibility index (Phi) is 4.49. The highest BCUT2D eigenvalue weighted by Gasteiger charge is 2.25. The van der Waals surface area contributed by atoms with Gasteiger partial charge in [-0.25, -0.2) is 9.97 Å². The van der Waals surface area contributed by atoms with E-state index in [2.05, 4.69) is 42.2 Å². The Morgan fingerprint density at radius 2 is 2.04 bits per heavy atom. The van der Waals surface area contributed by atoms with Crippen molar-refractivity contribution >= 4 is 32.7 Å². The number of fused-ring (bicyclic) bond motifs is 1. The maximum absolute atomic E-state index is 5.68. The average Bonchev–Trinajstić information content (AvgIpc) is 3.30. The summed E-state index contributed by atoms with van der Waals surface area (Å²) in [7, 11) is 0. The standard InChI is InChI=1S/C18H19BrN4O/c19-14-6-3-5-13-17(14)21-12-22-18(13)20-11-15(16-7-4-10-24-16)23-8-1-2-9-23/h3-7,10,12,15H,1-2,8-9,11H2,(H,20,21,22). The molecule has 0 amide bonds. The van der Waals surface area contributed by atoms with Crippen molar-refractivity contribution in [2.75, 3.05) is 25.0 Å². The summed E-state index contributed by atoms with van der Waals surface area (Å²) in [6.07, 6.45) is 5.85. The van der Waals surface area contributed by atoms with Crippen LogP contribution in [0.25, 0.3) is 10.9 Å². The fourth-order valence-electron chi connectivity index (χ4n) is 3.33. The van der Waals surface area contributed by atoms with E-state index in [9.17, 15) is 0 Å². The number of aromatic nitrogens is 2. The van der Waals surface area contributed by atoms with Crippen LogP contribution in [0.3, 0.4) is 0 Å². The molecule has 0 radical (unpaired) electrons. The molecule has 2 aromatic heterocycles. The third-order valence-electron chi connectivity index (χ3n) is 4.53. The first-order valence-electron chi connectivity index (χ1n) is 8.23. The molecule has 0 saturated carbocycles. The number of furan rings is 1. The summed E-state index contributed by atoms with van der Waals surface area (Å²) >= 11 is 3.56. The van der Waals surface area contributed by atoms with Gasteiger partial charge in [0, 0.05) is 16.4 Å². The lowest BCUT2D eigenvalue weighted by molar-refractivity contribution is 0.225. The highest BCUT2D eigenvalue weighted by atomic mass is 79.9. The SMILES string of the molecule is Brc1cccc2c(NCC(c3ccco3)N3CCCC3)ncnc12. The van der Waals surface area contributed by atoms with E-state index in [0.717, 1.165) is 46.6 Å². The lowest BCUT2D eigenvalue weighted by atomic mass is 10.2. The number of likely N-dealkylation sites (tertiary alicyclic amines) is 1. The fourth-order valence-corrected chi connectivity index (χ4v) is 3.80. The van der Waals surface area contributed by atoms with Gasteiger partial charge in [0.2, 0.25) is 0 Å². The van der Waals surface area contributed by atoms with Gasteiger partial charge in [-0.15, -0.1) is 0 Å². The van der Waals surface area contributed by atoms with Crippen LogP contribution in [-0.4, -0.2) is 34.5 Å². The number of anilines is 1. The topological polar surface area (TPSA) is 54.2 Å². The first-order chi connectivity index (χ1) is 11.8. The van der Waals surface area contributed by atoms with Crippen LogP contribution in [0.1, 0.15) is 24.6 Å². The molecular weight excluding hydrogens is 368 g/mol. The summed E-state index contributed by atoms with van der Waals surface area (Å²) in [5, 5.41) is 4.53. The molecule has 1 aliphatic heterocycles. The van der Waals surface area contributed by atoms with Crippen LogP contribution < -0.4 is 5.32 Å². The van der Waals surface area contributed by atoms with Gasteiger partial charge in [0.05, 0.1) is 17.8 Å². The smallest absolute Gasteiger partial charge is 0.137 e. The van der Waals surface area contributed by atoms with Crippen molar-refractivity contribution in [3.63, 3.8) is 0 Å². The Hall–Kier alpha value is -1.92. The third kappa shape index (κ3) is 3.03. The van der Waals surface area contributed by atoms with Gasteiger partial charge in [-0.05, 0) is 66.1 Å². The zero-order chi connectivity index (χ0) is 16.4. The maximum Gasteiger partial charge on any atom is 0.137 e. The van der Waals surface area contributed by atoms with Gasteiger partial charge in [-0.2, -0.15) is 0 Å². The van der Waals surface area contributed by atoms with E-state index in [0.29, 0.717) is 0 Å². The van der Waals surface area contributed by atoms with Gasteiger partial charge in [0.1, 0.15) is 17.9 Å². The Morgan fingerprint density at radius 1 is 1.17 bits per heavy atom. The molecule has 5 nitrogen and oxygen atoms in total. The molecule has 1 aliphatic rings. The second-order valence-corrected chi connectivity index (χ2v) is 6.87. The molecule has 1 aromatic carbocycles. The van der Waals surface area contributed by atoms with E-state index < -0.39 is 0 Å². The Balaban J connectivity index is 1.59. The zero-order valence-electron chi connectivity index (χ0n) is 13.3. The number of para-hydroxylation sites is 1. The van der Waals surface area contributed by atoms with Crippen LogP contribution in [0.4, 0.5) is 5.82 Å². The van der Waals surface area contributed by atoms with E-state index in [1.165, 1.54) is 12.8 Å². The van der Waals surface area contributed by atoms with Crippen LogP contribution in [0, 0.1) is 0 Å². The summed E-state index contributed by atoms with van der Waals surface area (Å²) in [6.45, 7) is 2.98. The lowest BCUT2D eigenvalue weighted by Gasteiger charge is -2.26.